The lowest BCUT2D eigenvalue weighted by molar-refractivity contribution is -0.0498. The third kappa shape index (κ3) is 6.68. The number of amidine groups is 1. The maximum absolute atomic E-state index is 15.2. The number of carbonyl (C=O) groups excluding carboxylic acids is 1. The van der Waals surface area contributed by atoms with E-state index in [1.165, 1.54) is 49.6 Å². The van der Waals surface area contributed by atoms with E-state index in [1.54, 1.807) is 37.8 Å². The summed E-state index contributed by atoms with van der Waals surface area (Å²) in [4.78, 5) is 23.4. The van der Waals surface area contributed by atoms with Gasteiger partial charge in [0, 0.05) is 18.7 Å². The maximum atomic E-state index is 15.2. The molecular weight excluding hydrogens is 537 g/mol. The normalized spacial score (nSPS) is 13.0. The number of rotatable bonds is 11. The fourth-order valence-corrected chi connectivity index (χ4v) is 4.48. The van der Waals surface area contributed by atoms with Crippen molar-refractivity contribution in [2.24, 2.45) is 4.99 Å². The molecule has 2 N–H and O–H groups in total. The van der Waals surface area contributed by atoms with Gasteiger partial charge >= 0.3 is 6.61 Å². The van der Waals surface area contributed by atoms with Crippen molar-refractivity contribution in [1.29, 1.82) is 0 Å². The lowest BCUT2D eigenvalue weighted by atomic mass is 9.82. The Hall–Kier alpha value is -4.38. The zero-order valence-electron chi connectivity index (χ0n) is 23.5. The number of likely N-dealkylation sites (N-methyl/N-ethyl adjacent to an activating group) is 1. The number of benzene rings is 2. The van der Waals surface area contributed by atoms with Gasteiger partial charge in [0.15, 0.2) is 5.60 Å². The van der Waals surface area contributed by atoms with Crippen LogP contribution >= 0.6 is 0 Å². The van der Waals surface area contributed by atoms with Crippen molar-refractivity contribution >= 4 is 17.4 Å². The second kappa shape index (κ2) is 13.3. The quantitative estimate of drug-likeness (QED) is 0.231. The molecule has 0 saturated carbocycles. The molecule has 1 aromatic heterocycles. The van der Waals surface area contributed by atoms with Crippen LogP contribution in [0, 0.1) is 12.7 Å². The monoisotopic (exact) mass is 570 g/mol. The van der Waals surface area contributed by atoms with E-state index in [1.807, 2.05) is 6.92 Å². The van der Waals surface area contributed by atoms with Crippen molar-refractivity contribution in [3.63, 3.8) is 0 Å². The van der Waals surface area contributed by atoms with Gasteiger partial charge in [-0.15, -0.1) is 0 Å². The minimum Gasteiger partial charge on any atom is -0.480 e. The number of hydrogen-bond donors (Lipinski definition) is 2. The van der Waals surface area contributed by atoms with Crippen LogP contribution in [0.1, 0.15) is 48.0 Å². The summed E-state index contributed by atoms with van der Waals surface area (Å²) in [6.45, 7) is 8.79. The standard InChI is InChI=1S/C30H33F3N4O4/c1-7-34-20(5)36-27(38)23-17-26(18(3)35-28(23)40-6)37(8-2)19(4)30(39,24-11-9-10-12-25(24)31)21-13-15-22(16-14-21)41-29(32)33/h9-17,29,39H,4,7-8H2,1-3,5-6H3,(H,34,36,38). The molecule has 3 rings (SSSR count). The zero-order chi connectivity index (χ0) is 30.3. The molecule has 1 amide bonds. The summed E-state index contributed by atoms with van der Waals surface area (Å²) < 4.78 is 50.5. The Kier molecular flexibility index (Phi) is 10.1. The molecule has 0 saturated heterocycles. The first kappa shape index (κ1) is 31.2. The van der Waals surface area contributed by atoms with E-state index in [2.05, 4.69) is 26.6 Å². The number of amides is 1. The number of aromatic nitrogens is 1. The van der Waals surface area contributed by atoms with Crippen LogP contribution in [0.4, 0.5) is 18.9 Å². The molecule has 41 heavy (non-hydrogen) atoms. The summed E-state index contributed by atoms with van der Waals surface area (Å²) in [5.41, 5.74) is -1.15. The van der Waals surface area contributed by atoms with Crippen molar-refractivity contribution in [3.8, 4) is 11.6 Å². The first-order valence-electron chi connectivity index (χ1n) is 12.8. The molecule has 1 atom stereocenters. The predicted molar refractivity (Wildman–Crippen MR) is 151 cm³/mol. The second-order valence-corrected chi connectivity index (χ2v) is 8.95. The van der Waals surface area contributed by atoms with Crippen LogP contribution in [0.3, 0.4) is 0 Å². The largest absolute Gasteiger partial charge is 0.480 e. The lowest BCUT2D eigenvalue weighted by Crippen LogP contribution is -2.40. The van der Waals surface area contributed by atoms with Crippen LogP contribution in [-0.2, 0) is 5.60 Å². The lowest BCUT2D eigenvalue weighted by Gasteiger charge is -2.39. The Morgan fingerprint density at radius 3 is 2.41 bits per heavy atom. The summed E-state index contributed by atoms with van der Waals surface area (Å²) in [6.07, 6.45) is 0. The third-order valence-electron chi connectivity index (χ3n) is 6.39. The first-order valence-corrected chi connectivity index (χ1v) is 12.8. The van der Waals surface area contributed by atoms with Gasteiger partial charge in [0.1, 0.15) is 17.1 Å². The number of nitrogens with one attached hydrogen (secondary N) is 1. The van der Waals surface area contributed by atoms with Crippen molar-refractivity contribution in [2.45, 2.75) is 39.9 Å². The molecule has 0 bridgehead atoms. The van der Waals surface area contributed by atoms with Gasteiger partial charge < -0.3 is 24.8 Å². The topological polar surface area (TPSA) is 96.3 Å². The van der Waals surface area contributed by atoms with E-state index in [4.69, 9.17) is 4.74 Å². The Labute approximate surface area is 237 Å². The van der Waals surface area contributed by atoms with Crippen LogP contribution < -0.4 is 19.7 Å². The second-order valence-electron chi connectivity index (χ2n) is 8.95. The number of aliphatic imine (C=N–C) groups is 1. The van der Waals surface area contributed by atoms with Crippen LogP contribution in [0.2, 0.25) is 0 Å². The predicted octanol–water partition coefficient (Wildman–Crippen LogP) is 5.58. The molecular formula is C30H33F3N4O4. The molecule has 218 valence electrons. The first-order chi connectivity index (χ1) is 19.5. The molecule has 1 heterocycles. The summed E-state index contributed by atoms with van der Waals surface area (Å²) in [6, 6.07) is 12.4. The van der Waals surface area contributed by atoms with Crippen LogP contribution in [0.25, 0.3) is 0 Å². The minimum absolute atomic E-state index is 0.0257. The average Bonchev–Trinajstić information content (AvgIpc) is 2.93. The highest BCUT2D eigenvalue weighted by Gasteiger charge is 2.40. The van der Waals surface area contributed by atoms with E-state index in [0.29, 0.717) is 23.8 Å². The van der Waals surface area contributed by atoms with Crippen molar-refractivity contribution in [2.75, 3.05) is 25.1 Å². The molecule has 0 spiro atoms. The average molecular weight is 571 g/mol. The molecule has 11 heteroatoms. The van der Waals surface area contributed by atoms with Gasteiger partial charge in [-0.1, -0.05) is 36.9 Å². The molecule has 0 aliphatic rings. The van der Waals surface area contributed by atoms with Gasteiger partial charge in [-0.3, -0.25) is 9.79 Å². The Bertz CT molecular complexity index is 1430. The number of anilines is 1. The fraction of sp³-hybridized carbons (Fsp3) is 0.300. The number of aryl methyl sites for hydroxylation is 1. The number of ether oxygens (including phenoxy) is 2. The van der Waals surface area contributed by atoms with E-state index in [0.717, 1.165) is 0 Å². The van der Waals surface area contributed by atoms with Gasteiger partial charge in [-0.25, -0.2) is 9.37 Å². The van der Waals surface area contributed by atoms with Crippen LogP contribution in [-0.4, -0.2) is 48.6 Å². The van der Waals surface area contributed by atoms with E-state index >= 15 is 4.39 Å². The number of methoxy groups -OCH3 is 1. The van der Waals surface area contributed by atoms with Gasteiger partial charge in [-0.2, -0.15) is 8.78 Å². The number of aliphatic hydroxyl groups is 1. The molecule has 0 aliphatic carbocycles. The number of hydrogen-bond acceptors (Lipinski definition) is 7. The minimum atomic E-state index is -3.04. The number of halogens is 3. The van der Waals surface area contributed by atoms with Crippen molar-refractivity contribution in [3.05, 3.63) is 95.1 Å². The third-order valence-corrected chi connectivity index (χ3v) is 6.39. The van der Waals surface area contributed by atoms with Gasteiger partial charge in [0.25, 0.3) is 5.91 Å². The number of alkyl halides is 2. The van der Waals surface area contributed by atoms with Crippen LogP contribution in [0.15, 0.2) is 71.9 Å². The SMILES string of the molecule is C=C(N(CC)c1cc(C(=O)NC(C)=NCC)c(OC)nc1C)C(O)(c1ccc(OC(F)F)cc1)c1ccccc1F. The highest BCUT2D eigenvalue weighted by Crippen LogP contribution is 2.42. The zero-order valence-corrected chi connectivity index (χ0v) is 23.5. The highest BCUT2D eigenvalue weighted by atomic mass is 19.3. The van der Waals surface area contributed by atoms with Crippen LogP contribution in [0.5, 0.6) is 11.6 Å². The van der Waals surface area contributed by atoms with Gasteiger partial charge in [0.05, 0.1) is 30.0 Å². The summed E-state index contributed by atoms with van der Waals surface area (Å²) >= 11 is 0. The van der Waals surface area contributed by atoms with Gasteiger partial charge in [-0.05, 0) is 57.5 Å². The van der Waals surface area contributed by atoms with E-state index in [-0.39, 0.29) is 40.6 Å². The molecule has 0 radical (unpaired) electrons. The summed E-state index contributed by atoms with van der Waals surface area (Å²) in [7, 11) is 1.39. The molecule has 2 aromatic carbocycles. The summed E-state index contributed by atoms with van der Waals surface area (Å²) in [5.74, 6) is -0.868. The molecule has 3 aromatic rings. The van der Waals surface area contributed by atoms with E-state index in [9.17, 15) is 18.7 Å². The molecule has 0 aliphatic heterocycles. The van der Waals surface area contributed by atoms with Crippen molar-refractivity contribution in [1.82, 2.24) is 10.3 Å². The fourth-order valence-electron chi connectivity index (χ4n) is 4.48. The molecule has 8 nitrogen and oxygen atoms in total. The number of nitrogens with zero attached hydrogens (tertiary/aromatic N) is 3. The van der Waals surface area contributed by atoms with Crippen molar-refractivity contribution < 1.29 is 32.5 Å². The summed E-state index contributed by atoms with van der Waals surface area (Å²) in [5, 5.41) is 15.0. The number of carbonyl (C=O) groups is 1. The molecule has 0 fully saturated rings. The van der Waals surface area contributed by atoms with E-state index < -0.39 is 23.9 Å². The number of pyridine rings is 1. The smallest absolute Gasteiger partial charge is 0.387 e. The van der Waals surface area contributed by atoms with Gasteiger partial charge in [0.2, 0.25) is 5.88 Å². The molecule has 1 unspecified atom stereocenters. The maximum Gasteiger partial charge on any atom is 0.387 e. The Morgan fingerprint density at radius 2 is 1.85 bits per heavy atom. The Morgan fingerprint density at radius 1 is 1.20 bits per heavy atom. The Balaban J connectivity index is 2.18. The highest BCUT2D eigenvalue weighted by molar-refractivity contribution is 6.07.